The van der Waals surface area contributed by atoms with Gasteiger partial charge in [-0.25, -0.2) is 0 Å². The van der Waals surface area contributed by atoms with E-state index in [1.807, 2.05) is 19.1 Å². The van der Waals surface area contributed by atoms with Crippen molar-refractivity contribution in [2.45, 2.75) is 25.0 Å². The van der Waals surface area contributed by atoms with Crippen molar-refractivity contribution in [3.8, 4) is 0 Å². The summed E-state index contributed by atoms with van der Waals surface area (Å²) in [6.07, 6.45) is 4.20. The van der Waals surface area contributed by atoms with Gasteiger partial charge in [-0.15, -0.1) is 0 Å². The zero-order valence-electron chi connectivity index (χ0n) is 13.3. The van der Waals surface area contributed by atoms with E-state index < -0.39 is 17.4 Å². The van der Waals surface area contributed by atoms with E-state index in [4.69, 9.17) is 21.1 Å². The molecule has 0 aliphatic carbocycles. The van der Waals surface area contributed by atoms with Gasteiger partial charge in [0.25, 0.3) is 0 Å². The Hall–Kier alpha value is -1.85. The molecule has 5 nitrogen and oxygen atoms in total. The van der Waals surface area contributed by atoms with Gasteiger partial charge in [-0.05, 0) is 30.7 Å². The lowest BCUT2D eigenvalue weighted by Gasteiger charge is -2.22. The summed E-state index contributed by atoms with van der Waals surface area (Å²) >= 11 is 5.92. The molecule has 1 amide bonds. The van der Waals surface area contributed by atoms with Crippen LogP contribution in [-0.4, -0.2) is 36.7 Å². The van der Waals surface area contributed by atoms with Crippen molar-refractivity contribution in [1.29, 1.82) is 0 Å². The van der Waals surface area contributed by atoms with Gasteiger partial charge in [0, 0.05) is 10.7 Å². The number of benzene rings is 1. The normalized spacial score (nSPS) is 33.2. The molecule has 4 atom stereocenters. The molecule has 6 heteroatoms. The molecule has 126 valence electrons. The second kappa shape index (κ2) is 5.60. The van der Waals surface area contributed by atoms with E-state index in [1.54, 1.807) is 29.2 Å². The summed E-state index contributed by atoms with van der Waals surface area (Å²) in [5.74, 6) is -1.52. The van der Waals surface area contributed by atoms with Gasteiger partial charge >= 0.3 is 5.97 Å². The van der Waals surface area contributed by atoms with Crippen molar-refractivity contribution in [3.63, 3.8) is 0 Å². The number of fused-ring (bicyclic) bond motifs is 1. The minimum absolute atomic E-state index is 0.0948. The molecule has 0 unspecified atom stereocenters. The molecule has 4 rings (SSSR count). The number of rotatable bonds is 4. The second-order valence-corrected chi connectivity index (χ2v) is 6.90. The monoisotopic (exact) mass is 347 g/mol. The number of esters is 1. The van der Waals surface area contributed by atoms with Crippen LogP contribution in [0.5, 0.6) is 0 Å². The third-order valence-electron chi connectivity index (χ3n) is 4.96. The highest BCUT2D eigenvalue weighted by atomic mass is 35.5. The zero-order valence-corrected chi connectivity index (χ0v) is 14.0. The van der Waals surface area contributed by atoms with Gasteiger partial charge in [-0.1, -0.05) is 30.7 Å². The van der Waals surface area contributed by atoms with Crippen LogP contribution in [0.4, 0.5) is 5.69 Å². The Balaban J connectivity index is 1.64. The van der Waals surface area contributed by atoms with Gasteiger partial charge in [0.2, 0.25) is 5.91 Å². The Morgan fingerprint density at radius 1 is 1.42 bits per heavy atom. The van der Waals surface area contributed by atoms with Gasteiger partial charge in [0.15, 0.2) is 0 Å². The van der Waals surface area contributed by atoms with Crippen molar-refractivity contribution >= 4 is 29.2 Å². The predicted octanol–water partition coefficient (Wildman–Crippen LogP) is 2.58. The number of carbonyl (C=O) groups is 2. The highest BCUT2D eigenvalue weighted by Gasteiger charge is 2.67. The second-order valence-electron chi connectivity index (χ2n) is 6.47. The maximum Gasteiger partial charge on any atom is 0.312 e. The molecule has 3 aliphatic rings. The van der Waals surface area contributed by atoms with E-state index >= 15 is 0 Å². The highest BCUT2D eigenvalue weighted by Crippen LogP contribution is 2.52. The number of halogens is 1. The number of carbonyl (C=O) groups excluding carboxylic acids is 2. The van der Waals surface area contributed by atoms with E-state index in [0.29, 0.717) is 18.2 Å². The van der Waals surface area contributed by atoms with Crippen molar-refractivity contribution in [3.05, 3.63) is 41.4 Å². The van der Waals surface area contributed by atoms with Crippen LogP contribution >= 0.6 is 11.6 Å². The first kappa shape index (κ1) is 15.7. The first-order valence-corrected chi connectivity index (χ1v) is 8.54. The molecular formula is C18H18ClNO4. The average molecular weight is 348 g/mol. The van der Waals surface area contributed by atoms with Crippen LogP contribution in [0, 0.1) is 11.8 Å². The van der Waals surface area contributed by atoms with E-state index in [0.717, 1.165) is 12.1 Å². The maximum absolute atomic E-state index is 13.0. The Morgan fingerprint density at radius 2 is 2.17 bits per heavy atom. The number of hydrogen-bond donors (Lipinski definition) is 0. The van der Waals surface area contributed by atoms with Gasteiger partial charge < -0.3 is 14.4 Å². The topological polar surface area (TPSA) is 55.8 Å². The first-order chi connectivity index (χ1) is 11.6. The summed E-state index contributed by atoms with van der Waals surface area (Å²) in [5.41, 5.74) is 0.0337. The Kier molecular flexibility index (Phi) is 3.66. The van der Waals surface area contributed by atoms with Gasteiger partial charge in [-0.2, -0.15) is 0 Å². The van der Waals surface area contributed by atoms with Crippen LogP contribution < -0.4 is 4.90 Å². The molecule has 3 heterocycles. The smallest absolute Gasteiger partial charge is 0.312 e. The number of hydrogen-bond acceptors (Lipinski definition) is 4. The molecule has 3 aliphatic heterocycles. The van der Waals surface area contributed by atoms with Gasteiger partial charge in [0.1, 0.15) is 11.5 Å². The summed E-state index contributed by atoms with van der Waals surface area (Å²) in [7, 11) is 0. The zero-order chi connectivity index (χ0) is 16.9. The summed E-state index contributed by atoms with van der Waals surface area (Å²) < 4.78 is 11.3. The number of nitrogens with zero attached hydrogens (tertiary/aromatic N) is 1. The summed E-state index contributed by atoms with van der Waals surface area (Å²) in [6, 6.07) is 7.10. The summed E-state index contributed by atoms with van der Waals surface area (Å²) in [5, 5.41) is 0.613. The van der Waals surface area contributed by atoms with E-state index in [1.165, 1.54) is 0 Å². The lowest BCUT2D eigenvalue weighted by Crippen LogP contribution is -2.40. The molecule has 0 saturated carbocycles. The fourth-order valence-corrected chi connectivity index (χ4v) is 4.03. The maximum atomic E-state index is 13.0. The van der Waals surface area contributed by atoms with Crippen LogP contribution in [0.1, 0.15) is 13.3 Å². The van der Waals surface area contributed by atoms with E-state index in [-0.39, 0.29) is 18.0 Å². The molecule has 1 aromatic carbocycles. The van der Waals surface area contributed by atoms with Crippen LogP contribution in [-0.2, 0) is 19.1 Å². The van der Waals surface area contributed by atoms with Crippen molar-refractivity contribution in [1.82, 2.24) is 0 Å². The minimum Gasteiger partial charge on any atom is -0.465 e. The van der Waals surface area contributed by atoms with E-state index in [2.05, 4.69) is 0 Å². The number of anilines is 1. The van der Waals surface area contributed by atoms with Crippen LogP contribution in [0.25, 0.3) is 0 Å². The van der Waals surface area contributed by atoms with Crippen molar-refractivity contribution in [2.75, 3.05) is 18.1 Å². The Labute approximate surface area is 145 Å². The molecule has 2 bridgehead atoms. The minimum atomic E-state index is -0.725. The Bertz CT molecular complexity index is 716. The average Bonchev–Trinajstić information content (AvgIpc) is 3.22. The Morgan fingerprint density at radius 3 is 2.88 bits per heavy atom. The lowest BCUT2D eigenvalue weighted by molar-refractivity contribution is -0.152. The SMILES string of the molecule is CCCOC(=O)[C@H]1[C@H]2C(=O)N(c3ccc(Cl)cc3)C[C@@]23C=C[C@H]1O3. The molecule has 0 N–H and O–H groups in total. The molecule has 2 fully saturated rings. The molecular weight excluding hydrogens is 330 g/mol. The van der Waals surface area contributed by atoms with Crippen LogP contribution in [0.15, 0.2) is 36.4 Å². The molecule has 2 saturated heterocycles. The lowest BCUT2D eigenvalue weighted by atomic mass is 9.77. The first-order valence-electron chi connectivity index (χ1n) is 8.16. The predicted molar refractivity (Wildman–Crippen MR) is 88.8 cm³/mol. The summed E-state index contributed by atoms with van der Waals surface area (Å²) in [4.78, 5) is 27.1. The third-order valence-corrected chi connectivity index (χ3v) is 5.21. The third kappa shape index (κ3) is 2.19. The molecule has 0 radical (unpaired) electrons. The fourth-order valence-electron chi connectivity index (χ4n) is 3.91. The van der Waals surface area contributed by atoms with Gasteiger partial charge in [-0.3, -0.25) is 9.59 Å². The van der Waals surface area contributed by atoms with Crippen molar-refractivity contribution in [2.24, 2.45) is 11.8 Å². The number of ether oxygens (including phenoxy) is 2. The van der Waals surface area contributed by atoms with Crippen molar-refractivity contribution < 1.29 is 19.1 Å². The highest BCUT2D eigenvalue weighted by molar-refractivity contribution is 6.30. The molecule has 1 aromatic rings. The fraction of sp³-hybridized carbons (Fsp3) is 0.444. The quantitative estimate of drug-likeness (QED) is 0.620. The van der Waals surface area contributed by atoms with Gasteiger partial charge in [0.05, 0.1) is 25.2 Å². The standard InChI is InChI=1S/C18H18ClNO4/c1-2-9-23-17(22)14-13-7-8-18(24-13)10-20(16(21)15(14)18)12-5-3-11(19)4-6-12/h3-8,13-15H,2,9-10H2,1H3/t13-,14-,15+,18+/m1/s1. The largest absolute Gasteiger partial charge is 0.465 e. The summed E-state index contributed by atoms with van der Waals surface area (Å²) in [6.45, 7) is 2.71. The molecule has 24 heavy (non-hydrogen) atoms. The number of amides is 1. The van der Waals surface area contributed by atoms with Crippen LogP contribution in [0.3, 0.4) is 0 Å². The molecule has 1 spiro atoms. The molecule has 0 aromatic heterocycles. The van der Waals surface area contributed by atoms with Crippen LogP contribution in [0.2, 0.25) is 5.02 Å². The van der Waals surface area contributed by atoms with E-state index in [9.17, 15) is 9.59 Å².